The smallest absolute Gasteiger partial charge is 0.157 e. The Bertz CT molecular complexity index is 3270. The first kappa shape index (κ1) is 42.0. The van der Waals surface area contributed by atoms with Crippen LogP contribution in [-0.2, 0) is 6.42 Å². The van der Waals surface area contributed by atoms with E-state index in [1.807, 2.05) is 48.6 Å². The van der Waals surface area contributed by atoms with E-state index in [9.17, 15) is 46.0 Å². The van der Waals surface area contributed by atoms with E-state index in [-0.39, 0.29) is 63.6 Å². The van der Waals surface area contributed by atoms with Gasteiger partial charge >= 0.3 is 0 Å². The summed E-state index contributed by atoms with van der Waals surface area (Å²) in [7, 11) is 0. The largest absolute Gasteiger partial charge is 0.508 e. The van der Waals surface area contributed by atoms with Gasteiger partial charge in [-0.1, -0.05) is 60.7 Å². The van der Waals surface area contributed by atoms with Crippen molar-refractivity contribution in [1.82, 2.24) is 0 Å². The van der Waals surface area contributed by atoms with E-state index >= 15 is 0 Å². The van der Waals surface area contributed by atoms with Crippen LogP contribution in [-0.4, -0.2) is 46.0 Å². The average molecular weight is 905 g/mol. The monoisotopic (exact) mass is 904 g/mol. The third-order valence-electron chi connectivity index (χ3n) is 13.6. The highest BCUT2D eigenvalue weighted by Gasteiger charge is 2.45. The fourth-order valence-electron chi connectivity index (χ4n) is 10.6. The lowest BCUT2D eigenvalue weighted by atomic mass is 9.76. The number of phenols is 9. The molecule has 11 rings (SSSR count). The highest BCUT2D eigenvalue weighted by molar-refractivity contribution is 5.75. The molecule has 2 aliphatic heterocycles. The lowest BCUT2D eigenvalue weighted by Crippen LogP contribution is -2.16. The lowest BCUT2D eigenvalue weighted by Gasteiger charge is -2.26. The fraction of sp³-hybridized carbons (Fsp3) is 0.123. The third kappa shape index (κ3) is 7.43. The molecule has 0 saturated carbocycles. The second kappa shape index (κ2) is 16.3. The molecule has 2 heterocycles. The van der Waals surface area contributed by atoms with Crippen molar-refractivity contribution in [3.05, 3.63) is 218 Å². The second-order valence-corrected chi connectivity index (χ2v) is 17.8. The van der Waals surface area contributed by atoms with Crippen LogP contribution in [0.3, 0.4) is 0 Å². The molecule has 338 valence electrons. The van der Waals surface area contributed by atoms with Crippen LogP contribution in [0, 0.1) is 0 Å². The number of rotatable bonds is 8. The maximum Gasteiger partial charge on any atom is 0.157 e. The Morgan fingerprint density at radius 3 is 1.60 bits per heavy atom. The van der Waals surface area contributed by atoms with Crippen LogP contribution in [0.15, 0.2) is 152 Å². The van der Waals surface area contributed by atoms with Crippen LogP contribution < -0.4 is 9.47 Å². The van der Waals surface area contributed by atoms with E-state index in [2.05, 4.69) is 0 Å². The third-order valence-corrected chi connectivity index (χ3v) is 13.6. The molecule has 0 aromatic heterocycles. The Morgan fingerprint density at radius 2 is 0.956 bits per heavy atom. The predicted molar refractivity (Wildman–Crippen MR) is 254 cm³/mol. The van der Waals surface area contributed by atoms with Crippen molar-refractivity contribution in [1.29, 1.82) is 0 Å². The van der Waals surface area contributed by atoms with Crippen molar-refractivity contribution in [2.45, 2.75) is 42.3 Å². The molecule has 1 aliphatic carbocycles. The maximum atomic E-state index is 11.5. The molecule has 0 saturated heterocycles. The Kier molecular flexibility index (Phi) is 10.1. The van der Waals surface area contributed by atoms with Gasteiger partial charge in [0.25, 0.3) is 0 Å². The van der Waals surface area contributed by atoms with E-state index in [0.717, 1.165) is 44.5 Å². The number of benzene rings is 8. The highest BCUT2D eigenvalue weighted by atomic mass is 16.5. The molecule has 0 spiro atoms. The van der Waals surface area contributed by atoms with Gasteiger partial charge in [-0.2, -0.15) is 0 Å². The zero-order valence-corrected chi connectivity index (χ0v) is 36.1. The van der Waals surface area contributed by atoms with Crippen molar-refractivity contribution in [2.24, 2.45) is 0 Å². The zero-order valence-electron chi connectivity index (χ0n) is 36.1. The van der Waals surface area contributed by atoms with Gasteiger partial charge in [0, 0.05) is 34.7 Å². The summed E-state index contributed by atoms with van der Waals surface area (Å²) >= 11 is 0. The number of hydrogen-bond donors (Lipinski definition) is 9. The first-order valence-electron chi connectivity index (χ1n) is 22.1. The Hall–Kier alpha value is -8.70. The Morgan fingerprint density at radius 1 is 0.368 bits per heavy atom. The van der Waals surface area contributed by atoms with Gasteiger partial charge < -0.3 is 55.4 Å². The molecule has 3 aliphatic rings. The van der Waals surface area contributed by atoms with Gasteiger partial charge in [0.1, 0.15) is 64.0 Å². The van der Waals surface area contributed by atoms with Crippen LogP contribution in [0.5, 0.6) is 63.2 Å². The van der Waals surface area contributed by atoms with Crippen LogP contribution in [0.4, 0.5) is 0 Å². The minimum atomic E-state index is -0.674. The molecule has 0 fully saturated rings. The summed E-state index contributed by atoms with van der Waals surface area (Å²) in [6.45, 7) is 0. The van der Waals surface area contributed by atoms with Gasteiger partial charge in [0.15, 0.2) is 11.5 Å². The molecule has 0 bridgehead atoms. The van der Waals surface area contributed by atoms with Crippen LogP contribution in [0.2, 0.25) is 0 Å². The van der Waals surface area contributed by atoms with E-state index in [1.54, 1.807) is 97.1 Å². The molecule has 11 nitrogen and oxygen atoms in total. The normalized spacial score (nSPS) is 20.1. The molecule has 68 heavy (non-hydrogen) atoms. The van der Waals surface area contributed by atoms with Crippen molar-refractivity contribution in [3.8, 4) is 63.2 Å². The molecule has 6 atom stereocenters. The van der Waals surface area contributed by atoms with Gasteiger partial charge in [0.2, 0.25) is 0 Å². The number of hydrogen-bond acceptors (Lipinski definition) is 11. The molecule has 9 N–H and O–H groups in total. The lowest BCUT2D eigenvalue weighted by molar-refractivity contribution is 0.220. The number of fused-ring (bicyclic) bond motifs is 3. The summed E-state index contributed by atoms with van der Waals surface area (Å²) in [5.74, 6) is -0.983. The summed E-state index contributed by atoms with van der Waals surface area (Å²) in [6, 6.07) is 42.4. The molecule has 0 amide bonds. The average Bonchev–Trinajstić information content (AvgIpc) is 4.01. The van der Waals surface area contributed by atoms with Crippen LogP contribution >= 0.6 is 0 Å². The van der Waals surface area contributed by atoms with Gasteiger partial charge in [-0.25, -0.2) is 0 Å². The minimum Gasteiger partial charge on any atom is -0.508 e. The highest BCUT2D eigenvalue weighted by Crippen LogP contribution is 2.59. The molecule has 8 aromatic rings. The number of aromatic hydroxyl groups is 9. The second-order valence-electron chi connectivity index (χ2n) is 17.8. The summed E-state index contributed by atoms with van der Waals surface area (Å²) in [5, 5.41) is 95.8. The first-order valence-corrected chi connectivity index (χ1v) is 22.1. The van der Waals surface area contributed by atoms with Crippen LogP contribution in [0.1, 0.15) is 103 Å². The van der Waals surface area contributed by atoms with Crippen molar-refractivity contribution < 1.29 is 55.4 Å². The summed E-state index contributed by atoms with van der Waals surface area (Å²) in [6.07, 6.45) is 2.98. The summed E-state index contributed by atoms with van der Waals surface area (Å²) in [4.78, 5) is 0. The SMILES string of the molecule is Oc1ccc(C2Oc3cc(O)cc([C@@H]4c5cc(/C=C/c6cc7c(cc6O)C[C@H](c6ccc(O)cc6)[C@H]7c6cc(O)cc(O)c6)ccc5O[C@H]4c4ccc(O)cc4)c3[C@@H]2c2ccc(O)c(O)c2)cc1. The van der Waals surface area contributed by atoms with Crippen LogP contribution in [0.25, 0.3) is 12.2 Å². The van der Waals surface area contributed by atoms with E-state index < -0.39 is 24.0 Å². The zero-order chi connectivity index (χ0) is 47.0. The number of ether oxygens (including phenoxy) is 2. The topological polar surface area (TPSA) is 201 Å². The van der Waals surface area contributed by atoms with Crippen molar-refractivity contribution in [2.75, 3.05) is 0 Å². The number of phenolic OH excluding ortho intramolecular Hbond substituents is 9. The summed E-state index contributed by atoms with van der Waals surface area (Å²) < 4.78 is 13.5. The van der Waals surface area contributed by atoms with E-state index in [4.69, 9.17) is 9.47 Å². The molecular weight excluding hydrogens is 861 g/mol. The van der Waals surface area contributed by atoms with Gasteiger partial charge in [0.05, 0.1) is 11.8 Å². The Labute approximate surface area is 390 Å². The molecule has 1 unspecified atom stereocenters. The minimum absolute atomic E-state index is 0.0506. The quantitative estimate of drug-likeness (QED) is 0.0519. The molecule has 0 radical (unpaired) electrons. The maximum absolute atomic E-state index is 11.5. The van der Waals surface area contributed by atoms with Crippen molar-refractivity contribution >= 4 is 12.2 Å². The van der Waals surface area contributed by atoms with E-state index in [0.29, 0.717) is 40.2 Å². The Balaban J connectivity index is 1.02. The fourth-order valence-corrected chi connectivity index (χ4v) is 10.6. The van der Waals surface area contributed by atoms with Gasteiger partial charge in [-0.3, -0.25) is 0 Å². The van der Waals surface area contributed by atoms with E-state index in [1.165, 1.54) is 18.2 Å². The molecular formula is C57H44O11. The van der Waals surface area contributed by atoms with Gasteiger partial charge in [-0.05, 0) is 153 Å². The van der Waals surface area contributed by atoms with Gasteiger partial charge in [-0.15, -0.1) is 0 Å². The first-order chi connectivity index (χ1) is 32.8. The van der Waals surface area contributed by atoms with Crippen molar-refractivity contribution in [3.63, 3.8) is 0 Å². The standard InChI is InChI=1S/C57H44O11/c58-37-11-4-30(5-12-37)43-23-35-25-48(65)33(22-44(35)52(43)36-20-40(61)26-41(62)21-36)3-1-29-2-18-50-45(19-29)54(57(67-50)32-8-15-39(60)16-9-32)46-27-42(63)28-51-55(46)53(34-10-17-47(64)49(66)24-34)56(68-51)31-6-13-38(59)14-7-31/h1-22,24-28,43,52-54,56-66H,23H2/b3-1+/t43-,52-,53+,54+,56?,57+/m1/s1. The molecule has 8 aromatic carbocycles. The summed E-state index contributed by atoms with van der Waals surface area (Å²) in [5.41, 5.74) is 9.13. The molecule has 11 heteroatoms. The predicted octanol–water partition coefficient (Wildman–Crippen LogP) is 11.2.